The van der Waals surface area contributed by atoms with Gasteiger partial charge in [-0.15, -0.1) is 16.6 Å². The summed E-state index contributed by atoms with van der Waals surface area (Å²) in [5, 5.41) is 31.1. The van der Waals surface area contributed by atoms with Crippen LogP contribution in [-0.4, -0.2) is 93.7 Å². The van der Waals surface area contributed by atoms with E-state index in [0.717, 1.165) is 22.6 Å². The van der Waals surface area contributed by atoms with Crippen LogP contribution in [0.5, 0.6) is 0 Å². The largest absolute Gasteiger partial charge is 0.388 e. The molecule has 0 fully saturated rings. The summed E-state index contributed by atoms with van der Waals surface area (Å²) in [4.78, 5) is 26.7. The molecule has 0 radical (unpaired) electrons. The highest BCUT2D eigenvalue weighted by Gasteiger charge is 2.25. The van der Waals surface area contributed by atoms with Crippen LogP contribution in [0.25, 0.3) is 0 Å². The molecule has 3 heterocycles. The Morgan fingerprint density at radius 3 is 0.693 bits per heavy atom. The van der Waals surface area contributed by atoms with Gasteiger partial charge in [-0.05, 0) is 59.6 Å². The van der Waals surface area contributed by atoms with Crippen LogP contribution in [-0.2, 0) is 0 Å². The lowest BCUT2D eigenvalue weighted by Crippen LogP contribution is -2.25. The lowest BCUT2D eigenvalue weighted by Gasteiger charge is -2.24. The van der Waals surface area contributed by atoms with Crippen molar-refractivity contribution < 1.29 is 15.3 Å². The molecule has 15 heteroatoms. The fraction of sp³-hybridized carbons (Fsp3) is 0.753. The van der Waals surface area contributed by atoms with E-state index in [9.17, 15) is 15.3 Å². The van der Waals surface area contributed by atoms with Crippen molar-refractivity contribution >= 4 is 48.4 Å². The maximum atomic E-state index is 10.4. The van der Waals surface area contributed by atoms with Crippen LogP contribution in [0.1, 0.15) is 229 Å². The number of aliphatic hydroxyl groups excluding tert-OH is 3. The van der Waals surface area contributed by atoms with Crippen molar-refractivity contribution in [1.82, 2.24) is 29.9 Å². The molecule has 3 N–H and O–H groups in total. The summed E-state index contributed by atoms with van der Waals surface area (Å²) in [5.74, 6) is 12.8. The minimum Gasteiger partial charge on any atom is -0.388 e. The average molecular weight is 1310 g/mol. The van der Waals surface area contributed by atoms with Crippen molar-refractivity contribution in [2.75, 3.05) is 0 Å². The zero-order valence-corrected chi connectivity index (χ0v) is 65.7. The van der Waals surface area contributed by atoms with Gasteiger partial charge in [0.05, 0.1) is 18.3 Å². The average Bonchev–Trinajstić information content (AvgIpc) is 3.60. The van der Waals surface area contributed by atoms with E-state index >= 15 is 0 Å². The van der Waals surface area contributed by atoms with Gasteiger partial charge < -0.3 is 15.3 Å². The second kappa shape index (κ2) is 40.3. The van der Waals surface area contributed by atoms with E-state index in [1.54, 1.807) is 37.2 Å². The highest BCUT2D eigenvalue weighted by molar-refractivity contribution is 6.86. The Hall–Kier alpha value is -2.90. The van der Waals surface area contributed by atoms with Crippen LogP contribution in [0.3, 0.4) is 0 Å². The molecule has 3 aromatic heterocycles. The minimum absolute atomic E-state index is 0.134. The summed E-state index contributed by atoms with van der Waals surface area (Å²) in [5.41, 5.74) is 13.0. The third-order valence-electron chi connectivity index (χ3n) is 18.8. The molecule has 0 aliphatic rings. The summed E-state index contributed by atoms with van der Waals surface area (Å²) < 4.78 is 0. The first kappa shape index (κ1) is 79.3. The normalized spacial score (nSPS) is 13.7. The van der Waals surface area contributed by atoms with Crippen LogP contribution < -0.4 is 0 Å². The van der Waals surface area contributed by atoms with Crippen LogP contribution in [0, 0.1) is 58.1 Å². The lowest BCUT2D eigenvalue weighted by atomic mass is 9.90. The molecule has 0 unspecified atom stereocenters. The van der Waals surface area contributed by atoms with Gasteiger partial charge in [-0.2, -0.15) is 0 Å². The maximum absolute atomic E-state index is 10.4. The molecular weight excluding hydrogens is 1180 g/mol. The smallest absolute Gasteiger partial charge is 0.204 e. The number of nitrogens with zero attached hydrogens (tertiary/aromatic N) is 6. The third-order valence-corrected chi connectivity index (χ3v) is 36.3. The number of hydrogen-bond donors (Lipinski definition) is 3. The Balaban J connectivity index is 1.41. The molecule has 88 heavy (non-hydrogen) atoms. The molecule has 0 spiro atoms. The van der Waals surface area contributed by atoms with Gasteiger partial charge in [0, 0.05) is 78.1 Å². The van der Waals surface area contributed by atoms with Crippen LogP contribution in [0.2, 0.25) is 133 Å². The Morgan fingerprint density at radius 1 is 0.295 bits per heavy atom. The van der Waals surface area contributed by atoms with Gasteiger partial charge in [0.25, 0.3) is 0 Å². The van der Waals surface area contributed by atoms with Gasteiger partial charge in [0.15, 0.2) is 0 Å². The first-order valence-electron chi connectivity index (χ1n) is 35.4. The highest BCUT2D eigenvalue weighted by Crippen LogP contribution is 2.31. The number of rotatable bonds is 42. The predicted molar refractivity (Wildman–Crippen MR) is 395 cm³/mol. The van der Waals surface area contributed by atoms with Crippen LogP contribution >= 0.6 is 0 Å². The van der Waals surface area contributed by atoms with E-state index in [0.29, 0.717) is 17.5 Å². The lowest BCUT2D eigenvalue weighted by molar-refractivity contribution is 0.126. The standard InChI is InChI=1S/C73H130N6O3Si6/c1-61(2)71(80)65-55-74-68(75-56-65)40-52-86(13,14)49-34-22-31-46-83(7,8)43-28-19-25-37-64(38-26-20-29-44-84(9,10)47-32-23-35-50-87(15,16)53-41-69-76-57-66(58-77-69)72(81)62(3)4)39-27-21-30-45-85(11,12)48-33-24-36-51-88(17,18)54-42-70-78-59-67(60-79-70)73(82)63(5)6/h55-64,71-73,80-82H,19-39,43-51H2,1-18H3/t71-,72-,73-/m0/s1. The van der Waals surface area contributed by atoms with Crippen LogP contribution in [0.4, 0.5) is 0 Å². The Labute approximate surface area is 547 Å². The molecule has 3 aromatic rings. The molecule has 0 bridgehead atoms. The maximum Gasteiger partial charge on any atom is 0.204 e. The molecule has 9 nitrogen and oxygen atoms in total. The fourth-order valence-corrected chi connectivity index (χ4v) is 25.3. The van der Waals surface area contributed by atoms with E-state index in [2.05, 4.69) is 143 Å². The molecule has 0 saturated carbocycles. The second-order valence-corrected chi connectivity index (χ2v) is 61.9. The first-order chi connectivity index (χ1) is 41.3. The summed E-state index contributed by atoms with van der Waals surface area (Å²) in [6, 6.07) is 12.5. The molecule has 0 aromatic carbocycles. The summed E-state index contributed by atoms with van der Waals surface area (Å²) >= 11 is 0. The number of aliphatic hydroxyl groups is 3. The van der Waals surface area contributed by atoms with Gasteiger partial charge in [0.2, 0.25) is 17.5 Å². The molecular formula is C73H130N6O3Si6. The first-order valence-corrected chi connectivity index (χ1v) is 55.2. The quantitative estimate of drug-likeness (QED) is 0.0288. The molecule has 0 aliphatic heterocycles. The van der Waals surface area contributed by atoms with Gasteiger partial charge in [-0.1, -0.05) is 291 Å². The van der Waals surface area contributed by atoms with Crippen molar-refractivity contribution in [3.63, 3.8) is 0 Å². The van der Waals surface area contributed by atoms with Crippen molar-refractivity contribution in [3.05, 3.63) is 71.3 Å². The zero-order valence-electron chi connectivity index (χ0n) is 59.7. The Morgan fingerprint density at radius 2 is 0.489 bits per heavy atom. The molecule has 0 amide bonds. The number of aromatic nitrogens is 6. The van der Waals surface area contributed by atoms with E-state index in [1.807, 2.05) is 41.5 Å². The monoisotopic (exact) mass is 1310 g/mol. The van der Waals surface area contributed by atoms with Gasteiger partial charge in [0.1, 0.15) is 24.2 Å². The van der Waals surface area contributed by atoms with Crippen molar-refractivity contribution in [2.45, 2.75) is 328 Å². The van der Waals surface area contributed by atoms with Gasteiger partial charge in [-0.3, -0.25) is 0 Å². The topological polar surface area (TPSA) is 138 Å². The zero-order chi connectivity index (χ0) is 65.4. The molecule has 494 valence electrons. The minimum atomic E-state index is -1.66. The van der Waals surface area contributed by atoms with E-state index < -0.39 is 66.8 Å². The predicted octanol–water partition coefficient (Wildman–Crippen LogP) is 20.3. The van der Waals surface area contributed by atoms with E-state index in [1.165, 1.54) is 189 Å². The Kier molecular flexibility index (Phi) is 36.3. The van der Waals surface area contributed by atoms with Crippen molar-refractivity contribution in [3.8, 4) is 34.4 Å². The SMILES string of the molecule is CC(C)[C@H](O)c1cnc(C#C[Si](C)(C)CCCCC[Si](C)(C)CCCCCC(CCCCC[Si](C)(C)CCCCC[Si](C)(C)C#Cc2ncc([C@@H](O)C(C)C)cn2)CCCCC[Si](C)(C)CCCCC[Si](C)(C)C#Cc2ncc([C@@H](O)C(C)C)cn2)nc1. The second-order valence-electron chi connectivity index (χ2n) is 32.3. The van der Waals surface area contributed by atoms with Gasteiger partial charge >= 0.3 is 0 Å². The van der Waals surface area contributed by atoms with Crippen molar-refractivity contribution in [2.24, 2.45) is 23.7 Å². The van der Waals surface area contributed by atoms with E-state index in [-0.39, 0.29) is 17.8 Å². The molecule has 0 saturated heterocycles. The number of unbranched alkanes of at least 4 members (excludes halogenated alkanes) is 12. The van der Waals surface area contributed by atoms with Crippen LogP contribution in [0.15, 0.2) is 37.2 Å². The third kappa shape index (κ3) is 35.2. The van der Waals surface area contributed by atoms with E-state index in [4.69, 9.17) is 0 Å². The Bertz CT molecular complexity index is 2310. The molecule has 3 rings (SSSR count). The highest BCUT2D eigenvalue weighted by atomic mass is 28.3. The molecule has 3 atom stereocenters. The molecule has 0 aliphatic carbocycles. The van der Waals surface area contributed by atoms with Gasteiger partial charge in [-0.25, -0.2) is 29.9 Å². The summed E-state index contributed by atoms with van der Waals surface area (Å²) in [6.07, 6.45) is 37.8. The van der Waals surface area contributed by atoms with Crippen molar-refractivity contribution in [1.29, 1.82) is 0 Å². The number of hydrogen-bond acceptors (Lipinski definition) is 9. The fourth-order valence-electron chi connectivity index (χ4n) is 12.2. The summed E-state index contributed by atoms with van der Waals surface area (Å²) in [7, 11) is -8.57. The summed E-state index contributed by atoms with van der Waals surface area (Å²) in [6.45, 7) is 42.2.